The van der Waals surface area contributed by atoms with Gasteiger partial charge in [0, 0.05) is 23.5 Å². The number of nitrogens with zero attached hydrogens (tertiary/aromatic N) is 2. The van der Waals surface area contributed by atoms with E-state index in [2.05, 4.69) is 4.98 Å². The summed E-state index contributed by atoms with van der Waals surface area (Å²) in [6, 6.07) is 5.46. The molecule has 0 spiro atoms. The predicted octanol–water partition coefficient (Wildman–Crippen LogP) is 2.53. The van der Waals surface area contributed by atoms with Crippen LogP contribution in [-0.4, -0.2) is 21.9 Å². The molecule has 0 saturated heterocycles. The molecule has 1 heterocycles. The van der Waals surface area contributed by atoms with E-state index in [-0.39, 0.29) is 6.10 Å². The zero-order valence-electron chi connectivity index (χ0n) is 10.5. The standard InChI is InChI=1S/C14H16N2O2/c1-11(2)18-14-4-3-12(9-17)7-13(14)8-16-6-5-15-10-16/h3-7,9-11H,8H2,1-2H3. The van der Waals surface area contributed by atoms with Crippen molar-refractivity contribution in [3.8, 4) is 5.75 Å². The first-order valence-corrected chi connectivity index (χ1v) is 5.89. The van der Waals surface area contributed by atoms with Crippen LogP contribution in [-0.2, 0) is 6.54 Å². The Hall–Kier alpha value is -2.10. The van der Waals surface area contributed by atoms with E-state index in [1.807, 2.05) is 36.7 Å². The molecule has 0 unspecified atom stereocenters. The summed E-state index contributed by atoms with van der Waals surface area (Å²) in [4.78, 5) is 14.8. The lowest BCUT2D eigenvalue weighted by molar-refractivity contribution is 0.112. The van der Waals surface area contributed by atoms with Crippen molar-refractivity contribution in [2.45, 2.75) is 26.5 Å². The lowest BCUT2D eigenvalue weighted by Gasteiger charge is -2.15. The second-order valence-electron chi connectivity index (χ2n) is 4.39. The number of hydrogen-bond acceptors (Lipinski definition) is 3. The number of aromatic nitrogens is 2. The summed E-state index contributed by atoms with van der Waals surface area (Å²) in [5, 5.41) is 0. The maximum Gasteiger partial charge on any atom is 0.150 e. The van der Waals surface area contributed by atoms with Crippen LogP contribution in [0.15, 0.2) is 36.9 Å². The van der Waals surface area contributed by atoms with Crippen molar-refractivity contribution in [3.63, 3.8) is 0 Å². The van der Waals surface area contributed by atoms with Gasteiger partial charge in [-0.15, -0.1) is 0 Å². The van der Waals surface area contributed by atoms with Crippen LogP contribution in [0.4, 0.5) is 0 Å². The Balaban J connectivity index is 2.31. The quantitative estimate of drug-likeness (QED) is 0.759. The molecular weight excluding hydrogens is 228 g/mol. The second-order valence-corrected chi connectivity index (χ2v) is 4.39. The van der Waals surface area contributed by atoms with Crippen molar-refractivity contribution in [1.82, 2.24) is 9.55 Å². The first kappa shape index (κ1) is 12.4. The van der Waals surface area contributed by atoms with Crippen LogP contribution in [0.2, 0.25) is 0 Å². The minimum Gasteiger partial charge on any atom is -0.491 e. The molecule has 94 valence electrons. The molecule has 1 aromatic carbocycles. The van der Waals surface area contributed by atoms with Gasteiger partial charge in [-0.25, -0.2) is 4.98 Å². The Morgan fingerprint density at radius 1 is 1.44 bits per heavy atom. The molecule has 2 aromatic rings. The molecule has 18 heavy (non-hydrogen) atoms. The molecule has 0 aliphatic carbocycles. The number of hydrogen-bond donors (Lipinski definition) is 0. The minimum atomic E-state index is 0.105. The molecule has 1 aromatic heterocycles. The van der Waals surface area contributed by atoms with Crippen molar-refractivity contribution in [2.75, 3.05) is 0 Å². The molecular formula is C14H16N2O2. The fraction of sp³-hybridized carbons (Fsp3) is 0.286. The maximum absolute atomic E-state index is 10.8. The summed E-state index contributed by atoms with van der Waals surface area (Å²) in [7, 11) is 0. The largest absolute Gasteiger partial charge is 0.491 e. The lowest BCUT2D eigenvalue weighted by atomic mass is 10.1. The molecule has 0 fully saturated rings. The molecule has 0 atom stereocenters. The van der Waals surface area contributed by atoms with Crippen LogP contribution < -0.4 is 4.74 Å². The van der Waals surface area contributed by atoms with E-state index in [1.165, 1.54) is 0 Å². The van der Waals surface area contributed by atoms with Gasteiger partial charge in [-0.2, -0.15) is 0 Å². The predicted molar refractivity (Wildman–Crippen MR) is 68.9 cm³/mol. The van der Waals surface area contributed by atoms with Crippen LogP contribution >= 0.6 is 0 Å². The monoisotopic (exact) mass is 244 g/mol. The zero-order chi connectivity index (χ0) is 13.0. The van der Waals surface area contributed by atoms with Gasteiger partial charge in [0.25, 0.3) is 0 Å². The summed E-state index contributed by atoms with van der Waals surface area (Å²) in [5.74, 6) is 0.810. The third-order valence-electron chi connectivity index (χ3n) is 2.50. The van der Waals surface area contributed by atoms with Gasteiger partial charge in [0.15, 0.2) is 0 Å². The smallest absolute Gasteiger partial charge is 0.150 e. The van der Waals surface area contributed by atoms with E-state index in [0.717, 1.165) is 17.6 Å². The Morgan fingerprint density at radius 3 is 2.89 bits per heavy atom. The average molecular weight is 244 g/mol. The second kappa shape index (κ2) is 5.49. The number of carbonyl (C=O) groups is 1. The number of carbonyl (C=O) groups excluding carboxylic acids is 1. The van der Waals surface area contributed by atoms with Gasteiger partial charge in [-0.05, 0) is 32.0 Å². The van der Waals surface area contributed by atoms with E-state index in [0.29, 0.717) is 12.1 Å². The molecule has 0 N–H and O–H groups in total. The number of aldehydes is 1. The fourth-order valence-electron chi connectivity index (χ4n) is 1.74. The number of benzene rings is 1. The zero-order valence-corrected chi connectivity index (χ0v) is 10.5. The summed E-state index contributed by atoms with van der Waals surface area (Å²) < 4.78 is 7.69. The van der Waals surface area contributed by atoms with Gasteiger partial charge in [-0.1, -0.05) is 0 Å². The lowest BCUT2D eigenvalue weighted by Crippen LogP contribution is -2.09. The molecule has 0 bridgehead atoms. The SMILES string of the molecule is CC(C)Oc1ccc(C=O)cc1Cn1ccnc1. The van der Waals surface area contributed by atoms with E-state index in [4.69, 9.17) is 4.74 Å². The summed E-state index contributed by atoms with van der Waals surface area (Å²) in [6.45, 7) is 4.60. The average Bonchev–Trinajstić information content (AvgIpc) is 2.83. The van der Waals surface area contributed by atoms with Gasteiger partial charge in [0.1, 0.15) is 12.0 Å². The number of ether oxygens (including phenoxy) is 1. The Bertz CT molecular complexity index is 519. The first-order valence-electron chi connectivity index (χ1n) is 5.89. The van der Waals surface area contributed by atoms with Crippen LogP contribution in [0.1, 0.15) is 29.8 Å². The molecule has 0 amide bonds. The van der Waals surface area contributed by atoms with Crippen LogP contribution in [0.25, 0.3) is 0 Å². The van der Waals surface area contributed by atoms with Gasteiger partial charge >= 0.3 is 0 Å². The van der Waals surface area contributed by atoms with Crippen molar-refractivity contribution >= 4 is 6.29 Å². The highest BCUT2D eigenvalue weighted by molar-refractivity contribution is 5.75. The van der Waals surface area contributed by atoms with E-state index in [9.17, 15) is 4.79 Å². The van der Waals surface area contributed by atoms with Gasteiger partial charge < -0.3 is 9.30 Å². The highest BCUT2D eigenvalue weighted by Gasteiger charge is 2.07. The number of rotatable bonds is 5. The van der Waals surface area contributed by atoms with Gasteiger partial charge in [0.2, 0.25) is 0 Å². The van der Waals surface area contributed by atoms with E-state index in [1.54, 1.807) is 18.6 Å². The van der Waals surface area contributed by atoms with Gasteiger partial charge in [0.05, 0.1) is 19.0 Å². The Kier molecular flexibility index (Phi) is 3.77. The third-order valence-corrected chi connectivity index (χ3v) is 2.50. The van der Waals surface area contributed by atoms with Crippen LogP contribution in [0.3, 0.4) is 0 Å². The Labute approximate surface area is 106 Å². The van der Waals surface area contributed by atoms with Gasteiger partial charge in [-0.3, -0.25) is 4.79 Å². The topological polar surface area (TPSA) is 44.1 Å². The molecule has 0 saturated carbocycles. The Morgan fingerprint density at radius 2 is 2.28 bits per heavy atom. The first-order chi connectivity index (χ1) is 8.69. The summed E-state index contributed by atoms with van der Waals surface area (Å²) in [6.07, 6.45) is 6.30. The molecule has 4 nitrogen and oxygen atoms in total. The molecule has 4 heteroatoms. The van der Waals surface area contributed by atoms with Crippen LogP contribution in [0.5, 0.6) is 5.75 Å². The third kappa shape index (κ3) is 2.97. The molecule has 0 radical (unpaired) electrons. The summed E-state index contributed by atoms with van der Waals surface area (Å²) >= 11 is 0. The van der Waals surface area contributed by atoms with Crippen molar-refractivity contribution in [2.24, 2.45) is 0 Å². The van der Waals surface area contributed by atoms with E-state index < -0.39 is 0 Å². The normalized spacial score (nSPS) is 10.6. The van der Waals surface area contributed by atoms with Crippen molar-refractivity contribution in [1.29, 1.82) is 0 Å². The van der Waals surface area contributed by atoms with E-state index >= 15 is 0 Å². The van der Waals surface area contributed by atoms with Crippen molar-refractivity contribution < 1.29 is 9.53 Å². The highest BCUT2D eigenvalue weighted by atomic mass is 16.5. The molecule has 2 rings (SSSR count). The van der Waals surface area contributed by atoms with Crippen molar-refractivity contribution in [3.05, 3.63) is 48.0 Å². The molecule has 0 aliphatic rings. The highest BCUT2D eigenvalue weighted by Crippen LogP contribution is 2.22. The summed E-state index contributed by atoms with van der Waals surface area (Å²) in [5.41, 5.74) is 1.63. The van der Waals surface area contributed by atoms with Crippen LogP contribution in [0, 0.1) is 0 Å². The fourth-order valence-corrected chi connectivity index (χ4v) is 1.74. The molecule has 0 aliphatic heterocycles. The maximum atomic E-state index is 10.8. The minimum absolute atomic E-state index is 0.105. The number of imidazole rings is 1.